The van der Waals surface area contributed by atoms with Crippen molar-refractivity contribution in [1.82, 2.24) is 4.98 Å². The number of benzene rings is 3. The van der Waals surface area contributed by atoms with E-state index in [1.54, 1.807) is 29.5 Å². The summed E-state index contributed by atoms with van der Waals surface area (Å²) in [6.45, 7) is 8.67. The van der Waals surface area contributed by atoms with E-state index in [2.05, 4.69) is 50.1 Å². The number of nitrogens with zero attached hydrogens (tertiary/aromatic N) is 1. The number of hydrogen-bond donors (Lipinski definition) is 1. The van der Waals surface area contributed by atoms with Crippen LogP contribution in [0.25, 0.3) is 6.08 Å². The second-order valence-electron chi connectivity index (χ2n) is 11.2. The average Bonchev–Trinajstić information content (AvgIpc) is 3.47. The second-order valence-corrected chi connectivity index (χ2v) is 12.1. The SMILES string of the molecule is C=Cc1cc(OCc2ccc(C[C@H](CCc3ccc(F)cc3)CCc3nc(C(C)C)cs3)cc2)ccc1CCC(=O)O. The molecule has 0 unspecified atom stereocenters. The number of aliphatic carboxylic acids is 1. The smallest absolute Gasteiger partial charge is 0.303 e. The Morgan fingerprint density at radius 2 is 1.67 bits per heavy atom. The van der Waals surface area contributed by atoms with Crippen molar-refractivity contribution in [2.75, 3.05) is 0 Å². The lowest BCUT2D eigenvalue weighted by Gasteiger charge is -2.17. The zero-order chi connectivity index (χ0) is 29.9. The molecule has 0 saturated carbocycles. The van der Waals surface area contributed by atoms with Crippen LogP contribution in [0.5, 0.6) is 5.75 Å². The molecule has 0 bridgehead atoms. The van der Waals surface area contributed by atoms with E-state index in [-0.39, 0.29) is 12.2 Å². The van der Waals surface area contributed by atoms with E-state index in [1.165, 1.54) is 21.8 Å². The van der Waals surface area contributed by atoms with Crippen molar-refractivity contribution in [3.8, 4) is 5.75 Å². The van der Waals surface area contributed by atoms with Crippen molar-refractivity contribution in [3.63, 3.8) is 0 Å². The number of aryl methyl sites for hydroxylation is 3. The summed E-state index contributed by atoms with van der Waals surface area (Å²) < 4.78 is 19.4. The summed E-state index contributed by atoms with van der Waals surface area (Å²) in [6.07, 6.45) is 7.26. The summed E-state index contributed by atoms with van der Waals surface area (Å²) in [4.78, 5) is 15.8. The van der Waals surface area contributed by atoms with Crippen LogP contribution in [0.4, 0.5) is 4.39 Å². The van der Waals surface area contributed by atoms with Gasteiger partial charge in [-0.25, -0.2) is 9.37 Å². The highest BCUT2D eigenvalue weighted by molar-refractivity contribution is 7.09. The number of carboxylic acid groups (broad SMARTS) is 1. The van der Waals surface area contributed by atoms with Gasteiger partial charge in [0.25, 0.3) is 0 Å². The monoisotopic (exact) mass is 585 g/mol. The molecule has 4 nitrogen and oxygen atoms in total. The van der Waals surface area contributed by atoms with Crippen molar-refractivity contribution in [1.29, 1.82) is 0 Å². The first kappa shape index (κ1) is 31.2. The molecule has 220 valence electrons. The van der Waals surface area contributed by atoms with Gasteiger partial charge in [-0.3, -0.25) is 4.79 Å². The van der Waals surface area contributed by atoms with E-state index in [0.717, 1.165) is 54.5 Å². The predicted molar refractivity (Wildman–Crippen MR) is 170 cm³/mol. The molecule has 0 radical (unpaired) electrons. The number of hydrogen-bond acceptors (Lipinski definition) is 4. The highest BCUT2D eigenvalue weighted by Gasteiger charge is 2.14. The third-order valence-electron chi connectivity index (χ3n) is 7.58. The molecule has 3 aromatic carbocycles. The van der Waals surface area contributed by atoms with E-state index in [4.69, 9.17) is 14.8 Å². The third kappa shape index (κ3) is 9.66. The van der Waals surface area contributed by atoms with Gasteiger partial charge in [0, 0.05) is 11.8 Å². The van der Waals surface area contributed by atoms with Crippen LogP contribution < -0.4 is 4.74 Å². The Bertz CT molecular complexity index is 1440. The molecule has 4 rings (SSSR count). The molecule has 6 heteroatoms. The minimum absolute atomic E-state index is 0.0878. The Labute approximate surface area is 252 Å². The number of thiazole rings is 1. The predicted octanol–water partition coefficient (Wildman–Crippen LogP) is 9.07. The van der Waals surface area contributed by atoms with Gasteiger partial charge in [-0.2, -0.15) is 0 Å². The van der Waals surface area contributed by atoms with Gasteiger partial charge < -0.3 is 9.84 Å². The van der Waals surface area contributed by atoms with Gasteiger partial charge in [0.1, 0.15) is 18.2 Å². The fourth-order valence-electron chi connectivity index (χ4n) is 5.00. The Hall–Kier alpha value is -3.77. The fraction of sp³-hybridized carbons (Fsp3) is 0.333. The van der Waals surface area contributed by atoms with Crippen LogP contribution in [0.15, 0.2) is 78.7 Å². The Morgan fingerprint density at radius 3 is 2.33 bits per heavy atom. The van der Waals surface area contributed by atoms with Gasteiger partial charge in [0.05, 0.1) is 10.7 Å². The first-order valence-corrected chi connectivity index (χ1v) is 15.5. The summed E-state index contributed by atoms with van der Waals surface area (Å²) in [5, 5.41) is 12.4. The molecule has 0 fully saturated rings. The number of ether oxygens (including phenoxy) is 1. The largest absolute Gasteiger partial charge is 0.489 e. The van der Waals surface area contributed by atoms with Gasteiger partial charge in [0.2, 0.25) is 0 Å². The number of carboxylic acids is 1. The normalized spacial score (nSPS) is 11.9. The fourth-order valence-corrected chi connectivity index (χ4v) is 5.97. The molecule has 4 aromatic rings. The highest BCUT2D eigenvalue weighted by atomic mass is 32.1. The van der Waals surface area contributed by atoms with Gasteiger partial charge in [-0.05, 0) is 102 Å². The maximum absolute atomic E-state index is 13.4. The van der Waals surface area contributed by atoms with Gasteiger partial charge in [0.15, 0.2) is 0 Å². The van der Waals surface area contributed by atoms with Crippen LogP contribution in [0.1, 0.15) is 77.5 Å². The van der Waals surface area contributed by atoms with Crippen molar-refractivity contribution in [2.45, 2.75) is 71.3 Å². The maximum Gasteiger partial charge on any atom is 0.303 e. The molecule has 0 saturated heterocycles. The van der Waals surface area contributed by atoms with Crippen LogP contribution in [0, 0.1) is 11.7 Å². The topological polar surface area (TPSA) is 59.4 Å². The van der Waals surface area contributed by atoms with Gasteiger partial charge >= 0.3 is 5.97 Å². The first-order valence-electron chi connectivity index (χ1n) is 14.7. The first-order chi connectivity index (χ1) is 20.3. The molecular weight excluding hydrogens is 545 g/mol. The zero-order valence-corrected chi connectivity index (χ0v) is 25.3. The Balaban J connectivity index is 1.36. The second kappa shape index (κ2) is 15.5. The summed E-state index contributed by atoms with van der Waals surface area (Å²) in [6, 6.07) is 21.2. The summed E-state index contributed by atoms with van der Waals surface area (Å²) >= 11 is 1.76. The number of carbonyl (C=O) groups is 1. The van der Waals surface area contributed by atoms with E-state index in [9.17, 15) is 9.18 Å². The van der Waals surface area contributed by atoms with Gasteiger partial charge in [-0.15, -0.1) is 11.3 Å². The van der Waals surface area contributed by atoms with Crippen LogP contribution in [0.2, 0.25) is 0 Å². The minimum Gasteiger partial charge on any atom is -0.489 e. The molecule has 0 amide bonds. The average molecular weight is 586 g/mol. The summed E-state index contributed by atoms with van der Waals surface area (Å²) in [7, 11) is 0. The highest BCUT2D eigenvalue weighted by Crippen LogP contribution is 2.25. The molecule has 0 aliphatic rings. The standard InChI is InChI=1S/C36H40FNO3S/c1-4-30-22-33(18-14-31(30)15-20-36(39)40)41-23-29-9-7-27(8-10-29)21-28(6-5-26-11-16-32(37)17-12-26)13-19-35-38-34(24-42-35)25(2)3/h4,7-12,14,16-18,22,24-25,28H,1,5-6,13,15,19-21,23H2,2-3H3,(H,39,40)/t28-/m1/s1. The number of aromatic nitrogens is 1. The molecular formula is C36H40FNO3S. The van der Waals surface area contributed by atoms with Crippen LogP contribution in [-0.2, 0) is 37.1 Å². The van der Waals surface area contributed by atoms with E-state index in [0.29, 0.717) is 24.9 Å². The lowest BCUT2D eigenvalue weighted by atomic mass is 9.89. The molecule has 1 heterocycles. The van der Waals surface area contributed by atoms with Crippen molar-refractivity contribution in [2.24, 2.45) is 5.92 Å². The Kier molecular flexibility index (Phi) is 11.5. The third-order valence-corrected chi connectivity index (χ3v) is 8.51. The van der Waals surface area contributed by atoms with Gasteiger partial charge in [-0.1, -0.05) is 69.0 Å². The minimum atomic E-state index is -0.812. The van der Waals surface area contributed by atoms with Crippen molar-refractivity contribution < 1.29 is 19.0 Å². The molecule has 1 N–H and O–H groups in total. The van der Waals surface area contributed by atoms with Crippen LogP contribution in [-0.4, -0.2) is 16.1 Å². The molecule has 1 aromatic heterocycles. The quantitative estimate of drug-likeness (QED) is 0.142. The number of rotatable bonds is 16. The van der Waals surface area contributed by atoms with Crippen LogP contribution >= 0.6 is 11.3 Å². The maximum atomic E-state index is 13.4. The van der Waals surface area contributed by atoms with Crippen molar-refractivity contribution in [3.05, 3.63) is 123 Å². The molecule has 0 aliphatic carbocycles. The molecule has 0 aliphatic heterocycles. The summed E-state index contributed by atoms with van der Waals surface area (Å²) in [5.41, 5.74) is 6.56. The molecule has 1 atom stereocenters. The molecule has 42 heavy (non-hydrogen) atoms. The van der Waals surface area contributed by atoms with E-state index >= 15 is 0 Å². The van der Waals surface area contributed by atoms with Crippen molar-refractivity contribution >= 4 is 23.4 Å². The lowest BCUT2D eigenvalue weighted by Crippen LogP contribution is -2.08. The van der Waals surface area contributed by atoms with E-state index < -0.39 is 5.97 Å². The Morgan fingerprint density at radius 1 is 0.976 bits per heavy atom. The zero-order valence-electron chi connectivity index (χ0n) is 24.5. The summed E-state index contributed by atoms with van der Waals surface area (Å²) in [5.74, 6) is 0.655. The van der Waals surface area contributed by atoms with Crippen LogP contribution in [0.3, 0.4) is 0 Å². The lowest BCUT2D eigenvalue weighted by molar-refractivity contribution is -0.136. The number of halogens is 1. The van der Waals surface area contributed by atoms with E-state index in [1.807, 2.05) is 30.3 Å². The molecule has 0 spiro atoms.